The molecule has 27 heavy (non-hydrogen) atoms. The van der Waals surface area contributed by atoms with E-state index in [4.69, 9.17) is 9.47 Å². The van der Waals surface area contributed by atoms with Gasteiger partial charge >= 0.3 is 6.18 Å². The van der Waals surface area contributed by atoms with Crippen LogP contribution in [0.3, 0.4) is 0 Å². The van der Waals surface area contributed by atoms with E-state index >= 15 is 0 Å². The minimum absolute atomic E-state index is 0.0361. The lowest BCUT2D eigenvalue weighted by molar-refractivity contribution is -0.137. The van der Waals surface area contributed by atoms with Gasteiger partial charge < -0.3 is 25.1 Å². The molecule has 0 spiro atoms. The van der Waals surface area contributed by atoms with E-state index in [1.54, 1.807) is 0 Å². The second-order valence-corrected chi connectivity index (χ2v) is 5.43. The number of anilines is 1. The zero-order valence-electron chi connectivity index (χ0n) is 13.5. The fourth-order valence-electron chi connectivity index (χ4n) is 2.24. The highest BCUT2D eigenvalue weighted by Crippen LogP contribution is 2.32. The zero-order chi connectivity index (χ0) is 19.6. The molecule has 0 bridgehead atoms. The second-order valence-electron chi connectivity index (χ2n) is 5.43. The second kappa shape index (κ2) is 7.02. The molecule has 1 aromatic carbocycles. The van der Waals surface area contributed by atoms with Crippen molar-refractivity contribution in [1.82, 2.24) is 10.3 Å². The Morgan fingerprint density at radius 1 is 1.15 bits per heavy atom. The van der Waals surface area contributed by atoms with Crippen molar-refractivity contribution < 1.29 is 32.2 Å². The number of H-pyrrole nitrogens is 1. The van der Waals surface area contributed by atoms with Crippen molar-refractivity contribution in [3.05, 3.63) is 51.9 Å². The van der Waals surface area contributed by atoms with Gasteiger partial charge in [0.1, 0.15) is 5.69 Å². The predicted molar refractivity (Wildman–Crippen MR) is 85.6 cm³/mol. The van der Waals surface area contributed by atoms with Crippen LogP contribution >= 0.6 is 0 Å². The lowest BCUT2D eigenvalue weighted by atomic mass is 10.2. The number of hydrogen-bond acceptors (Lipinski definition) is 5. The van der Waals surface area contributed by atoms with Crippen molar-refractivity contribution in [3.8, 4) is 11.5 Å². The van der Waals surface area contributed by atoms with Crippen LogP contribution in [0.15, 0.2) is 35.3 Å². The topological polar surface area (TPSA) is 110 Å². The van der Waals surface area contributed by atoms with Crippen LogP contribution in [0, 0.1) is 0 Å². The number of pyridine rings is 1. The monoisotopic (exact) mass is 383 g/mol. The number of rotatable bonds is 4. The summed E-state index contributed by atoms with van der Waals surface area (Å²) in [4.78, 5) is 37.3. The maximum Gasteiger partial charge on any atom is 0.417 e. The Hall–Kier alpha value is -3.50. The average Bonchev–Trinajstić information content (AvgIpc) is 3.08. The number of aromatic nitrogens is 1. The van der Waals surface area contributed by atoms with Gasteiger partial charge in [-0.1, -0.05) is 0 Å². The molecule has 0 atom stereocenters. The van der Waals surface area contributed by atoms with Crippen molar-refractivity contribution in [1.29, 1.82) is 0 Å². The molecule has 0 unspecified atom stereocenters. The number of aromatic amines is 1. The molecule has 0 fully saturated rings. The number of fused-ring (bicyclic) bond motifs is 1. The van der Waals surface area contributed by atoms with Crippen LogP contribution in [0.5, 0.6) is 11.5 Å². The minimum Gasteiger partial charge on any atom is -0.454 e. The van der Waals surface area contributed by atoms with Crippen LogP contribution in [0.25, 0.3) is 0 Å². The normalized spacial score (nSPS) is 12.6. The SMILES string of the molecule is O=C(CNC(=O)c1ccc2c(c1)OCO2)Nc1cc(C(F)(F)F)c[nH]c1=O. The molecule has 2 aromatic rings. The van der Waals surface area contributed by atoms with E-state index in [-0.39, 0.29) is 12.4 Å². The lowest BCUT2D eigenvalue weighted by Gasteiger charge is -2.10. The smallest absolute Gasteiger partial charge is 0.417 e. The molecule has 8 nitrogen and oxygen atoms in total. The molecule has 3 rings (SSSR count). The summed E-state index contributed by atoms with van der Waals surface area (Å²) in [6.45, 7) is -0.517. The summed E-state index contributed by atoms with van der Waals surface area (Å²) in [6, 6.07) is 4.92. The van der Waals surface area contributed by atoms with E-state index < -0.39 is 41.3 Å². The summed E-state index contributed by atoms with van der Waals surface area (Å²) in [7, 11) is 0. The Morgan fingerprint density at radius 3 is 2.63 bits per heavy atom. The van der Waals surface area contributed by atoms with Gasteiger partial charge in [0.15, 0.2) is 11.5 Å². The lowest BCUT2D eigenvalue weighted by Crippen LogP contribution is -2.34. The molecule has 0 saturated heterocycles. The zero-order valence-corrected chi connectivity index (χ0v) is 13.5. The summed E-state index contributed by atoms with van der Waals surface area (Å²) in [5.41, 5.74) is -2.41. The Balaban J connectivity index is 1.61. The number of hydrogen-bond donors (Lipinski definition) is 3. The Morgan fingerprint density at radius 2 is 1.89 bits per heavy atom. The molecule has 0 saturated carbocycles. The van der Waals surface area contributed by atoms with Gasteiger partial charge in [-0.15, -0.1) is 0 Å². The van der Waals surface area contributed by atoms with Gasteiger partial charge in [0.25, 0.3) is 11.5 Å². The molecular formula is C16H12F3N3O5. The van der Waals surface area contributed by atoms with Gasteiger partial charge in [-0.2, -0.15) is 13.2 Å². The highest BCUT2D eigenvalue weighted by Gasteiger charge is 2.31. The van der Waals surface area contributed by atoms with E-state index in [0.717, 1.165) is 0 Å². The van der Waals surface area contributed by atoms with Crippen LogP contribution in [0.1, 0.15) is 15.9 Å². The molecule has 3 N–H and O–H groups in total. The first-order valence-electron chi connectivity index (χ1n) is 7.51. The molecule has 2 amide bonds. The van der Waals surface area contributed by atoms with Crippen LogP contribution in [0.2, 0.25) is 0 Å². The highest BCUT2D eigenvalue weighted by atomic mass is 19.4. The molecule has 1 aliphatic rings. The highest BCUT2D eigenvalue weighted by molar-refractivity contribution is 5.99. The molecule has 1 aliphatic heterocycles. The molecule has 142 valence electrons. The van der Waals surface area contributed by atoms with Crippen LogP contribution in [0.4, 0.5) is 18.9 Å². The quantitative estimate of drug-likeness (QED) is 0.741. The van der Waals surface area contributed by atoms with Crippen molar-refractivity contribution in [2.24, 2.45) is 0 Å². The fraction of sp³-hybridized carbons (Fsp3) is 0.188. The number of ether oxygens (including phenoxy) is 2. The first kappa shape index (κ1) is 18.3. The number of benzene rings is 1. The van der Waals surface area contributed by atoms with E-state index in [1.807, 2.05) is 10.3 Å². The first-order valence-corrected chi connectivity index (χ1v) is 7.51. The average molecular weight is 383 g/mol. The molecule has 11 heteroatoms. The van der Waals surface area contributed by atoms with Gasteiger partial charge in [0.2, 0.25) is 12.7 Å². The predicted octanol–water partition coefficient (Wildman–Crippen LogP) is 1.49. The van der Waals surface area contributed by atoms with Crippen molar-refractivity contribution in [2.75, 3.05) is 18.7 Å². The van der Waals surface area contributed by atoms with Crippen molar-refractivity contribution in [2.45, 2.75) is 6.18 Å². The maximum atomic E-state index is 12.7. The molecular weight excluding hydrogens is 371 g/mol. The maximum absolute atomic E-state index is 12.7. The van der Waals surface area contributed by atoms with E-state index in [0.29, 0.717) is 23.8 Å². The number of carbonyl (C=O) groups is 2. The number of carbonyl (C=O) groups excluding carboxylic acids is 2. The van der Waals surface area contributed by atoms with Crippen molar-refractivity contribution >= 4 is 17.5 Å². The van der Waals surface area contributed by atoms with Crippen molar-refractivity contribution in [3.63, 3.8) is 0 Å². The minimum atomic E-state index is -4.68. The van der Waals surface area contributed by atoms with Gasteiger partial charge in [-0.25, -0.2) is 0 Å². The number of amides is 2. The number of alkyl halides is 3. The van der Waals surface area contributed by atoms with Crippen LogP contribution < -0.4 is 25.7 Å². The molecule has 0 radical (unpaired) electrons. The number of halogens is 3. The van der Waals surface area contributed by atoms with Gasteiger partial charge in [-0.05, 0) is 24.3 Å². The Labute approximate surface area is 149 Å². The Kier molecular flexibility index (Phi) is 4.75. The van der Waals surface area contributed by atoms with Crippen LogP contribution in [-0.4, -0.2) is 30.1 Å². The molecule has 1 aromatic heterocycles. The third-order valence-corrected chi connectivity index (χ3v) is 3.55. The third kappa shape index (κ3) is 4.19. The van der Waals surface area contributed by atoms with Gasteiger partial charge in [-0.3, -0.25) is 14.4 Å². The van der Waals surface area contributed by atoms with Gasteiger partial charge in [0, 0.05) is 11.8 Å². The summed E-state index contributed by atoms with van der Waals surface area (Å²) in [5.74, 6) is -0.619. The largest absolute Gasteiger partial charge is 0.454 e. The van der Waals surface area contributed by atoms with Gasteiger partial charge in [0.05, 0.1) is 12.1 Å². The summed E-state index contributed by atoms with van der Waals surface area (Å²) in [5, 5.41) is 4.32. The van der Waals surface area contributed by atoms with E-state index in [2.05, 4.69) is 5.32 Å². The number of nitrogens with one attached hydrogen (secondary N) is 3. The molecule has 2 heterocycles. The Bertz CT molecular complexity index is 955. The van der Waals surface area contributed by atoms with E-state index in [1.165, 1.54) is 18.2 Å². The van der Waals surface area contributed by atoms with Crippen LogP contribution in [-0.2, 0) is 11.0 Å². The van der Waals surface area contributed by atoms with E-state index in [9.17, 15) is 27.6 Å². The fourth-order valence-corrected chi connectivity index (χ4v) is 2.24. The first-order chi connectivity index (χ1) is 12.7. The summed E-state index contributed by atoms with van der Waals surface area (Å²) in [6.07, 6.45) is -4.18. The summed E-state index contributed by atoms with van der Waals surface area (Å²) >= 11 is 0. The molecule has 0 aliphatic carbocycles. The standard InChI is InChI=1S/C16H12F3N3O5/c17-16(18,19)9-4-10(15(25)20-5-9)22-13(23)6-21-14(24)8-1-2-11-12(3-8)27-7-26-11/h1-5H,6-7H2,(H,20,25)(H,21,24)(H,22,23). The third-order valence-electron chi connectivity index (χ3n) is 3.55. The summed E-state index contributed by atoms with van der Waals surface area (Å²) < 4.78 is 48.2.